The van der Waals surface area contributed by atoms with Crippen molar-refractivity contribution >= 4 is 5.84 Å². The van der Waals surface area contributed by atoms with Crippen LogP contribution in [0.5, 0.6) is 0 Å². The van der Waals surface area contributed by atoms with Crippen LogP contribution in [0.4, 0.5) is 0 Å². The Labute approximate surface area is 62.8 Å². The number of unbranched alkanes of at least 4 members (excludes halogenated alkanes) is 1. The van der Waals surface area contributed by atoms with Crippen LogP contribution in [-0.2, 0) is 0 Å². The molecule has 0 spiro atoms. The van der Waals surface area contributed by atoms with Gasteiger partial charge in [-0.15, -0.1) is 0 Å². The molecule has 0 aromatic rings. The zero-order chi connectivity index (χ0) is 7.98. The van der Waals surface area contributed by atoms with Gasteiger partial charge in [0.15, 0.2) is 0 Å². The Hall–Kier alpha value is -0.790. The summed E-state index contributed by atoms with van der Waals surface area (Å²) in [6.45, 7) is 5.90. The highest BCUT2D eigenvalue weighted by Crippen LogP contribution is 1.98. The van der Waals surface area contributed by atoms with Crippen molar-refractivity contribution in [1.82, 2.24) is 0 Å². The van der Waals surface area contributed by atoms with Gasteiger partial charge in [0.05, 0.1) is 5.84 Å². The lowest BCUT2D eigenvalue weighted by atomic mass is 10.3. The number of nitrogens with zero attached hydrogens (tertiary/aromatic N) is 1. The Balaban J connectivity index is 3.82. The van der Waals surface area contributed by atoms with Gasteiger partial charge >= 0.3 is 0 Å². The monoisotopic (exact) mass is 140 g/mol. The maximum Gasteiger partial charge on any atom is 0.0960 e. The van der Waals surface area contributed by atoms with Crippen molar-refractivity contribution in [3.8, 4) is 0 Å². The molecule has 10 heavy (non-hydrogen) atoms. The van der Waals surface area contributed by atoms with Crippen molar-refractivity contribution in [2.24, 2.45) is 10.7 Å². The summed E-state index contributed by atoms with van der Waals surface area (Å²) >= 11 is 0. The number of aliphatic imine (C=N–C) groups is 1. The highest BCUT2D eigenvalue weighted by atomic mass is 14.8. The van der Waals surface area contributed by atoms with E-state index < -0.39 is 0 Å². The quantitative estimate of drug-likeness (QED) is 0.473. The molecule has 0 atom stereocenters. The summed E-state index contributed by atoms with van der Waals surface area (Å²) in [5.74, 6) is 0.629. The minimum absolute atomic E-state index is 0.629. The Bertz CT molecular complexity index is 141. The molecule has 0 aromatic carbocycles. The minimum Gasteiger partial charge on any atom is -0.387 e. The summed E-state index contributed by atoms with van der Waals surface area (Å²) < 4.78 is 0. The molecule has 0 unspecified atom stereocenters. The van der Waals surface area contributed by atoms with Crippen LogP contribution in [0, 0.1) is 0 Å². The molecular formula is C8H16N2. The van der Waals surface area contributed by atoms with E-state index in [0.717, 1.165) is 18.5 Å². The molecule has 0 aliphatic heterocycles. The average Bonchev–Trinajstić information content (AvgIpc) is 1.82. The predicted octanol–water partition coefficient (Wildman–Crippen LogP) is 2.07. The molecule has 2 N–H and O–H groups in total. The molecule has 0 saturated heterocycles. The summed E-state index contributed by atoms with van der Waals surface area (Å²) in [6, 6.07) is 0. The zero-order valence-corrected chi connectivity index (χ0v) is 7.02. The van der Waals surface area contributed by atoms with E-state index >= 15 is 0 Å². The van der Waals surface area contributed by atoms with Crippen molar-refractivity contribution in [2.75, 3.05) is 0 Å². The van der Waals surface area contributed by atoms with Crippen molar-refractivity contribution < 1.29 is 0 Å². The van der Waals surface area contributed by atoms with Gasteiger partial charge in [0.2, 0.25) is 0 Å². The smallest absolute Gasteiger partial charge is 0.0960 e. The van der Waals surface area contributed by atoms with Gasteiger partial charge < -0.3 is 5.73 Å². The van der Waals surface area contributed by atoms with Gasteiger partial charge in [-0.25, -0.2) is 4.99 Å². The molecule has 0 radical (unpaired) electrons. The average molecular weight is 140 g/mol. The van der Waals surface area contributed by atoms with Gasteiger partial charge in [0.1, 0.15) is 0 Å². The van der Waals surface area contributed by atoms with Gasteiger partial charge in [-0.1, -0.05) is 19.4 Å². The number of amidine groups is 1. The highest BCUT2D eigenvalue weighted by Gasteiger charge is 1.83. The molecule has 0 aliphatic rings. The molecule has 0 saturated carbocycles. The lowest BCUT2D eigenvalue weighted by Gasteiger charge is -1.92. The fraction of sp³-hybridized carbons (Fsp3) is 0.625. The van der Waals surface area contributed by atoms with Crippen LogP contribution in [0.15, 0.2) is 16.8 Å². The second kappa shape index (κ2) is 5.03. The third-order valence-electron chi connectivity index (χ3n) is 1.08. The van der Waals surface area contributed by atoms with E-state index in [9.17, 15) is 0 Å². The summed E-state index contributed by atoms with van der Waals surface area (Å²) in [4.78, 5) is 4.07. The molecule has 0 bridgehead atoms. The Morgan fingerprint density at radius 2 is 2.10 bits per heavy atom. The van der Waals surface area contributed by atoms with Gasteiger partial charge in [0.25, 0.3) is 0 Å². The Morgan fingerprint density at radius 1 is 1.50 bits per heavy atom. The molecular weight excluding hydrogens is 124 g/mol. The van der Waals surface area contributed by atoms with Gasteiger partial charge in [0, 0.05) is 5.70 Å². The van der Waals surface area contributed by atoms with Crippen LogP contribution in [0.3, 0.4) is 0 Å². The molecule has 0 heterocycles. The van der Waals surface area contributed by atoms with Gasteiger partial charge in [-0.3, -0.25) is 0 Å². The van der Waals surface area contributed by atoms with E-state index in [1.807, 2.05) is 6.92 Å². The van der Waals surface area contributed by atoms with E-state index in [-0.39, 0.29) is 0 Å². The number of nitrogens with two attached hydrogens (primary N) is 1. The van der Waals surface area contributed by atoms with E-state index in [0.29, 0.717) is 5.84 Å². The van der Waals surface area contributed by atoms with Crippen LogP contribution >= 0.6 is 0 Å². The first kappa shape index (κ1) is 9.21. The Morgan fingerprint density at radius 3 is 2.50 bits per heavy atom. The second-order valence-corrected chi connectivity index (χ2v) is 2.39. The van der Waals surface area contributed by atoms with Gasteiger partial charge in [-0.05, 0) is 20.3 Å². The standard InChI is InChI=1S/C8H16N2/c1-4-5-6-7(2)10-8(3)9/h6H,4-5H2,1-3H3,(H2,9,10)/b7-6+. The van der Waals surface area contributed by atoms with Gasteiger partial charge in [-0.2, -0.15) is 0 Å². The normalized spacial score (nSPS) is 13.9. The maximum atomic E-state index is 5.37. The van der Waals surface area contributed by atoms with E-state index in [4.69, 9.17) is 5.73 Å². The molecule has 58 valence electrons. The maximum absolute atomic E-state index is 5.37. The van der Waals surface area contributed by atoms with E-state index in [2.05, 4.69) is 18.0 Å². The summed E-state index contributed by atoms with van der Waals surface area (Å²) in [5, 5.41) is 0. The van der Waals surface area contributed by atoms with Crippen LogP contribution in [0.25, 0.3) is 0 Å². The van der Waals surface area contributed by atoms with E-state index in [1.165, 1.54) is 0 Å². The fourth-order valence-corrected chi connectivity index (χ4v) is 0.677. The predicted molar refractivity (Wildman–Crippen MR) is 46.0 cm³/mol. The number of hydrogen-bond acceptors (Lipinski definition) is 1. The summed E-state index contributed by atoms with van der Waals surface area (Å²) in [5.41, 5.74) is 6.39. The number of hydrogen-bond donors (Lipinski definition) is 1. The zero-order valence-electron chi connectivity index (χ0n) is 7.02. The summed E-state index contributed by atoms with van der Waals surface area (Å²) in [6.07, 6.45) is 4.34. The van der Waals surface area contributed by atoms with Crippen molar-refractivity contribution in [2.45, 2.75) is 33.6 Å². The first-order valence-electron chi connectivity index (χ1n) is 3.64. The van der Waals surface area contributed by atoms with Crippen molar-refractivity contribution in [3.05, 3.63) is 11.8 Å². The van der Waals surface area contributed by atoms with Crippen LogP contribution < -0.4 is 5.73 Å². The lowest BCUT2D eigenvalue weighted by molar-refractivity contribution is 0.945. The fourth-order valence-electron chi connectivity index (χ4n) is 0.677. The first-order valence-corrected chi connectivity index (χ1v) is 3.64. The van der Waals surface area contributed by atoms with Crippen molar-refractivity contribution in [3.63, 3.8) is 0 Å². The molecule has 2 nitrogen and oxygen atoms in total. The Kier molecular flexibility index (Phi) is 4.63. The SMILES string of the molecule is CCC/C=C(\C)N=C(C)N. The number of rotatable bonds is 3. The topological polar surface area (TPSA) is 38.4 Å². The molecule has 0 fully saturated rings. The van der Waals surface area contributed by atoms with Crippen molar-refractivity contribution in [1.29, 1.82) is 0 Å². The largest absolute Gasteiger partial charge is 0.387 e. The molecule has 0 aliphatic carbocycles. The summed E-state index contributed by atoms with van der Waals surface area (Å²) in [7, 11) is 0. The van der Waals surface area contributed by atoms with E-state index in [1.54, 1.807) is 6.92 Å². The molecule has 0 rings (SSSR count). The van der Waals surface area contributed by atoms with Crippen LogP contribution in [0.1, 0.15) is 33.6 Å². The third-order valence-corrected chi connectivity index (χ3v) is 1.08. The molecule has 0 amide bonds. The lowest BCUT2D eigenvalue weighted by Crippen LogP contribution is -2.04. The second-order valence-electron chi connectivity index (χ2n) is 2.39. The number of allylic oxidation sites excluding steroid dienone is 2. The third kappa shape index (κ3) is 5.35. The first-order chi connectivity index (χ1) is 4.66. The molecule has 0 aromatic heterocycles. The van der Waals surface area contributed by atoms with Crippen LogP contribution in [0.2, 0.25) is 0 Å². The molecule has 2 heteroatoms. The van der Waals surface area contributed by atoms with Crippen LogP contribution in [-0.4, -0.2) is 5.84 Å². The highest BCUT2D eigenvalue weighted by molar-refractivity contribution is 5.78. The minimum atomic E-state index is 0.629.